The molecule has 0 saturated carbocycles. The highest BCUT2D eigenvalue weighted by Crippen LogP contribution is 2.32. The number of nitrogens with one attached hydrogen (secondary N) is 2. The number of methoxy groups -OCH3 is 1. The maximum Gasteiger partial charge on any atom is 0.388 e. The topological polar surface area (TPSA) is 75.7 Å². The SMILES string of the molecule is COc1cc(OC(F)F)ncc1C1=CC(C(=O)NC2=C(F)C=CCC2F)NN1C. The Kier molecular flexibility index (Phi) is 6.06. The number of carbonyl (C=O) groups excluding carboxylic acids is 1. The van der Waals surface area contributed by atoms with Crippen LogP contribution in [0.4, 0.5) is 17.6 Å². The highest BCUT2D eigenvalue weighted by Gasteiger charge is 2.31. The lowest BCUT2D eigenvalue weighted by molar-refractivity contribution is -0.122. The van der Waals surface area contributed by atoms with Gasteiger partial charge >= 0.3 is 6.61 Å². The number of rotatable bonds is 6. The number of hydrogen-bond donors (Lipinski definition) is 2. The maximum absolute atomic E-state index is 13.9. The smallest absolute Gasteiger partial charge is 0.388 e. The van der Waals surface area contributed by atoms with Crippen molar-refractivity contribution < 1.29 is 31.8 Å². The van der Waals surface area contributed by atoms with Gasteiger partial charge in [0.15, 0.2) is 0 Å². The predicted octanol–water partition coefficient (Wildman–Crippen LogP) is 2.45. The molecule has 3 rings (SSSR count). The van der Waals surface area contributed by atoms with Crippen LogP contribution in [0, 0.1) is 0 Å². The summed E-state index contributed by atoms with van der Waals surface area (Å²) >= 11 is 0. The third-order valence-corrected chi connectivity index (χ3v) is 4.28. The Bertz CT molecular complexity index is 888. The van der Waals surface area contributed by atoms with Crippen molar-refractivity contribution in [3.8, 4) is 11.6 Å². The van der Waals surface area contributed by atoms with Gasteiger partial charge in [0, 0.05) is 25.7 Å². The summed E-state index contributed by atoms with van der Waals surface area (Å²) < 4.78 is 61.9. The Morgan fingerprint density at radius 3 is 2.86 bits per heavy atom. The molecule has 0 radical (unpaired) electrons. The van der Waals surface area contributed by atoms with E-state index in [0.717, 1.165) is 6.08 Å². The molecule has 1 amide bonds. The molecule has 0 spiro atoms. The van der Waals surface area contributed by atoms with Crippen molar-refractivity contribution in [3.05, 3.63) is 47.6 Å². The number of aromatic nitrogens is 1. The standard InChI is InChI=1S/C18H18F4N4O3/c1-26-13(9-8-23-15(29-18(21)22)7-14(9)28-2)6-12(25-26)17(27)24-16-10(19)4-3-5-11(16)20/h3-4,6-8,11-12,18,25H,5H2,1-2H3,(H,24,27). The number of hydrogen-bond acceptors (Lipinski definition) is 6. The summed E-state index contributed by atoms with van der Waals surface area (Å²) in [6, 6.07) is 0.251. The zero-order valence-electron chi connectivity index (χ0n) is 15.5. The molecule has 2 atom stereocenters. The average Bonchev–Trinajstić information content (AvgIpc) is 3.05. The van der Waals surface area contributed by atoms with Crippen LogP contribution in [0.3, 0.4) is 0 Å². The molecule has 1 aromatic heterocycles. The van der Waals surface area contributed by atoms with Gasteiger partial charge in [-0.05, 0) is 12.2 Å². The number of allylic oxidation sites excluding steroid dienone is 4. The highest BCUT2D eigenvalue weighted by molar-refractivity contribution is 5.89. The summed E-state index contributed by atoms with van der Waals surface area (Å²) in [5.41, 5.74) is 3.26. The molecule has 0 fully saturated rings. The van der Waals surface area contributed by atoms with Crippen molar-refractivity contribution in [3.63, 3.8) is 0 Å². The maximum atomic E-state index is 13.9. The normalized spacial score (nSPS) is 21.5. The van der Waals surface area contributed by atoms with Crippen molar-refractivity contribution in [2.24, 2.45) is 0 Å². The number of alkyl halides is 3. The van der Waals surface area contributed by atoms with E-state index in [4.69, 9.17) is 4.74 Å². The molecular formula is C18H18F4N4O3. The van der Waals surface area contributed by atoms with E-state index in [1.54, 1.807) is 7.05 Å². The second kappa shape index (κ2) is 8.52. The molecule has 2 N–H and O–H groups in total. The molecule has 7 nitrogen and oxygen atoms in total. The molecule has 11 heteroatoms. The Balaban J connectivity index is 1.82. The second-order valence-corrected chi connectivity index (χ2v) is 6.18. The monoisotopic (exact) mass is 414 g/mol. The summed E-state index contributed by atoms with van der Waals surface area (Å²) in [7, 11) is 2.94. The fourth-order valence-electron chi connectivity index (χ4n) is 2.92. The van der Waals surface area contributed by atoms with Gasteiger partial charge in [0.25, 0.3) is 0 Å². The van der Waals surface area contributed by atoms with Crippen molar-refractivity contribution >= 4 is 11.6 Å². The van der Waals surface area contributed by atoms with E-state index in [1.807, 2.05) is 0 Å². The van der Waals surface area contributed by atoms with Crippen LogP contribution in [0.25, 0.3) is 5.70 Å². The number of ether oxygens (including phenoxy) is 2. The van der Waals surface area contributed by atoms with Crippen molar-refractivity contribution in [1.29, 1.82) is 0 Å². The van der Waals surface area contributed by atoms with Gasteiger partial charge in [-0.2, -0.15) is 8.78 Å². The molecule has 1 aliphatic carbocycles. The number of nitrogens with zero attached hydrogens (tertiary/aromatic N) is 2. The quantitative estimate of drug-likeness (QED) is 0.697. The summed E-state index contributed by atoms with van der Waals surface area (Å²) in [6.45, 7) is -3.04. The molecule has 1 aliphatic heterocycles. The molecule has 1 aromatic rings. The van der Waals surface area contributed by atoms with Gasteiger partial charge in [0.2, 0.25) is 11.8 Å². The van der Waals surface area contributed by atoms with Crippen LogP contribution in [-0.4, -0.2) is 48.9 Å². The van der Waals surface area contributed by atoms with E-state index < -0.39 is 36.3 Å². The lowest BCUT2D eigenvalue weighted by atomic mass is 10.1. The summed E-state index contributed by atoms with van der Waals surface area (Å²) in [6.07, 6.45) is 3.52. The van der Waals surface area contributed by atoms with Crippen LogP contribution in [0.2, 0.25) is 0 Å². The van der Waals surface area contributed by atoms with Gasteiger partial charge in [0.1, 0.15) is 23.8 Å². The first-order chi connectivity index (χ1) is 13.8. The number of amides is 1. The van der Waals surface area contributed by atoms with Crippen LogP contribution in [-0.2, 0) is 4.79 Å². The van der Waals surface area contributed by atoms with Crippen LogP contribution < -0.4 is 20.2 Å². The molecule has 0 aromatic carbocycles. The zero-order chi connectivity index (χ0) is 21.1. The van der Waals surface area contributed by atoms with Gasteiger partial charge < -0.3 is 19.8 Å². The Labute approximate surface area is 163 Å². The van der Waals surface area contributed by atoms with Gasteiger partial charge in [-0.15, -0.1) is 0 Å². The second-order valence-electron chi connectivity index (χ2n) is 6.18. The highest BCUT2D eigenvalue weighted by atomic mass is 19.3. The van der Waals surface area contributed by atoms with Gasteiger partial charge in [-0.25, -0.2) is 19.2 Å². The molecule has 0 bridgehead atoms. The Morgan fingerprint density at radius 1 is 1.45 bits per heavy atom. The fraction of sp³-hybridized carbons (Fsp3) is 0.333. The molecule has 2 heterocycles. The lowest BCUT2D eigenvalue weighted by Crippen LogP contribution is -2.45. The number of carbonyl (C=O) groups is 1. The van der Waals surface area contributed by atoms with Gasteiger partial charge in [0.05, 0.1) is 24.1 Å². The van der Waals surface area contributed by atoms with E-state index in [2.05, 4.69) is 20.5 Å². The number of pyridine rings is 1. The molecular weight excluding hydrogens is 396 g/mol. The van der Waals surface area contributed by atoms with Crippen molar-refractivity contribution in [2.75, 3.05) is 14.2 Å². The molecule has 2 unspecified atom stereocenters. The molecule has 156 valence electrons. The van der Waals surface area contributed by atoms with Gasteiger partial charge in [-0.1, -0.05) is 6.08 Å². The van der Waals surface area contributed by atoms with E-state index in [-0.39, 0.29) is 18.1 Å². The van der Waals surface area contributed by atoms with Crippen molar-refractivity contribution in [2.45, 2.75) is 25.2 Å². The number of halogens is 4. The van der Waals surface area contributed by atoms with Crippen LogP contribution >= 0.6 is 0 Å². The van der Waals surface area contributed by atoms with E-state index in [0.29, 0.717) is 11.3 Å². The first-order valence-corrected chi connectivity index (χ1v) is 8.52. The minimum atomic E-state index is -3.04. The van der Waals surface area contributed by atoms with Gasteiger partial charge in [-0.3, -0.25) is 4.79 Å². The Morgan fingerprint density at radius 2 is 2.21 bits per heavy atom. The predicted molar refractivity (Wildman–Crippen MR) is 95.0 cm³/mol. The first kappa shape index (κ1) is 20.6. The van der Waals surface area contributed by atoms with Crippen LogP contribution in [0.1, 0.15) is 12.0 Å². The number of hydrazine groups is 1. The molecule has 2 aliphatic rings. The Hall–Kier alpha value is -3.08. The first-order valence-electron chi connectivity index (χ1n) is 8.52. The zero-order valence-corrected chi connectivity index (χ0v) is 15.5. The summed E-state index contributed by atoms with van der Waals surface area (Å²) in [4.78, 5) is 16.3. The average molecular weight is 414 g/mol. The largest absolute Gasteiger partial charge is 0.496 e. The fourth-order valence-corrected chi connectivity index (χ4v) is 2.92. The summed E-state index contributed by atoms with van der Waals surface area (Å²) in [5.74, 6) is -1.65. The van der Waals surface area contributed by atoms with E-state index in [1.165, 1.54) is 36.5 Å². The minimum Gasteiger partial charge on any atom is -0.496 e. The van der Waals surface area contributed by atoms with E-state index >= 15 is 0 Å². The molecule has 0 saturated heterocycles. The van der Waals surface area contributed by atoms with Crippen LogP contribution in [0.15, 0.2) is 42.0 Å². The summed E-state index contributed by atoms with van der Waals surface area (Å²) in [5, 5.41) is 3.75. The van der Waals surface area contributed by atoms with Crippen molar-refractivity contribution in [1.82, 2.24) is 20.7 Å². The van der Waals surface area contributed by atoms with E-state index in [9.17, 15) is 22.4 Å². The lowest BCUT2D eigenvalue weighted by Gasteiger charge is -2.21. The van der Waals surface area contributed by atoms with Crippen LogP contribution in [0.5, 0.6) is 11.6 Å². The third-order valence-electron chi connectivity index (χ3n) is 4.28. The molecule has 29 heavy (non-hydrogen) atoms. The third kappa shape index (κ3) is 4.50. The minimum absolute atomic E-state index is 0.0297.